The molecule has 5 heavy (non-hydrogen) atoms. The molecule has 30 valence electrons. The van der Waals surface area contributed by atoms with Gasteiger partial charge in [-0.05, 0) is 23.0 Å². The van der Waals surface area contributed by atoms with Crippen LogP contribution in [0.2, 0.25) is 0 Å². The predicted octanol–water partition coefficient (Wildman–Crippen LogP) is 1.90. The summed E-state index contributed by atoms with van der Waals surface area (Å²) >= 11 is 9.62. The standard InChI is InChI=1S/CH3ClNPS/c1-3-4(2)5/h1H3. The molecule has 1 nitrogen and oxygen atoms in total. The van der Waals surface area contributed by atoms with E-state index >= 15 is 0 Å². The summed E-state index contributed by atoms with van der Waals surface area (Å²) in [6, 6.07) is 0. The molecular formula is CH3ClNPS. The van der Waals surface area contributed by atoms with E-state index in [2.05, 4.69) is 16.6 Å². The van der Waals surface area contributed by atoms with E-state index in [1.165, 1.54) is 0 Å². The third-order valence-electron chi connectivity index (χ3n) is 0.157. The molecule has 0 saturated heterocycles. The van der Waals surface area contributed by atoms with Crippen LogP contribution in [-0.4, -0.2) is 7.05 Å². The van der Waals surface area contributed by atoms with Crippen molar-refractivity contribution >= 4 is 28.9 Å². The highest BCUT2D eigenvalue weighted by atomic mass is 35.7. The molecule has 0 bridgehead atoms. The van der Waals surface area contributed by atoms with Gasteiger partial charge in [0.15, 0.2) is 0 Å². The summed E-state index contributed by atoms with van der Waals surface area (Å²) in [5, 5.41) is 0. The van der Waals surface area contributed by atoms with Gasteiger partial charge in [0.25, 0.3) is 0 Å². The molecule has 0 saturated carbocycles. The first-order valence-corrected chi connectivity index (χ1v) is 4.21. The molecule has 0 aromatic rings. The first-order valence-electron chi connectivity index (χ1n) is 0.999. The van der Waals surface area contributed by atoms with Crippen molar-refractivity contribution in [2.24, 2.45) is 4.74 Å². The Kier molecular flexibility index (Phi) is 3.17. The quantitative estimate of drug-likeness (QED) is 0.453. The van der Waals surface area contributed by atoms with Crippen LogP contribution in [0.5, 0.6) is 0 Å². The lowest BCUT2D eigenvalue weighted by Crippen LogP contribution is -1.23. The molecule has 1 atom stereocenters. The Labute approximate surface area is 41.3 Å². The van der Waals surface area contributed by atoms with Gasteiger partial charge in [-0.3, -0.25) is 4.74 Å². The van der Waals surface area contributed by atoms with Crippen LogP contribution < -0.4 is 0 Å². The molecule has 4 heteroatoms. The molecule has 0 aliphatic heterocycles. The lowest BCUT2D eigenvalue weighted by atomic mass is 11.6. The normalized spacial score (nSPS) is 12.0. The molecule has 0 amide bonds. The SMILES string of the molecule is CN=P(=S)Cl. The summed E-state index contributed by atoms with van der Waals surface area (Å²) in [7, 11) is 1.62. The van der Waals surface area contributed by atoms with Gasteiger partial charge in [-0.25, -0.2) is 0 Å². The van der Waals surface area contributed by atoms with Crippen molar-refractivity contribution < 1.29 is 0 Å². The molecule has 0 radical (unpaired) electrons. The average Bonchev–Trinajstić information content (AvgIpc) is 1.38. The van der Waals surface area contributed by atoms with Gasteiger partial charge in [-0.1, -0.05) is 0 Å². The summed E-state index contributed by atoms with van der Waals surface area (Å²) in [6.45, 7) is 0. The van der Waals surface area contributed by atoms with E-state index in [1.807, 2.05) is 0 Å². The first kappa shape index (κ1) is 5.61. The maximum absolute atomic E-state index is 5.18. The Morgan fingerprint density at radius 3 is 2.20 bits per heavy atom. The van der Waals surface area contributed by atoms with E-state index in [0.717, 1.165) is 0 Å². The van der Waals surface area contributed by atoms with Gasteiger partial charge in [0.2, 0.25) is 0 Å². The number of halogens is 1. The van der Waals surface area contributed by atoms with Crippen molar-refractivity contribution in [1.29, 1.82) is 0 Å². The summed E-state index contributed by atoms with van der Waals surface area (Å²) in [5.41, 5.74) is 0. The monoisotopic (exact) mass is 127 g/mol. The highest BCUT2D eigenvalue weighted by Crippen LogP contribution is 2.13. The molecule has 0 N–H and O–H groups in total. The number of hydrogen-bond donors (Lipinski definition) is 0. The lowest BCUT2D eigenvalue weighted by Gasteiger charge is -1.57. The lowest BCUT2D eigenvalue weighted by molar-refractivity contribution is 1.52. The smallest absolute Gasteiger partial charge is 0.129 e. The van der Waals surface area contributed by atoms with E-state index < -0.39 is 5.84 Å². The van der Waals surface area contributed by atoms with Crippen LogP contribution in [0, 0.1) is 0 Å². The fourth-order valence-corrected chi connectivity index (χ4v) is 0. The van der Waals surface area contributed by atoms with Crippen molar-refractivity contribution in [2.45, 2.75) is 0 Å². The molecule has 0 heterocycles. The summed E-state index contributed by atoms with van der Waals surface area (Å²) in [6.07, 6.45) is 0. The Bertz CT molecular complexity index is 83.6. The van der Waals surface area contributed by atoms with E-state index in [0.29, 0.717) is 0 Å². The molecule has 0 aliphatic carbocycles. The molecule has 0 aromatic heterocycles. The van der Waals surface area contributed by atoms with Crippen molar-refractivity contribution in [3.63, 3.8) is 0 Å². The maximum atomic E-state index is 5.18. The molecule has 0 spiro atoms. The van der Waals surface area contributed by atoms with E-state index in [1.54, 1.807) is 7.05 Å². The van der Waals surface area contributed by atoms with Crippen LogP contribution in [0.15, 0.2) is 4.74 Å². The summed E-state index contributed by atoms with van der Waals surface area (Å²) in [5.74, 6) is -0.918. The second-order valence-electron chi connectivity index (χ2n) is 0.426. The second kappa shape index (κ2) is 2.83. The largest absolute Gasteiger partial charge is 0.253 e. The Balaban J connectivity index is 3.62. The molecule has 0 rings (SSSR count). The van der Waals surface area contributed by atoms with Crippen LogP contribution in [0.4, 0.5) is 0 Å². The highest BCUT2D eigenvalue weighted by molar-refractivity contribution is 8.12. The van der Waals surface area contributed by atoms with Gasteiger partial charge in [0.05, 0.1) is 0 Å². The van der Waals surface area contributed by atoms with Crippen LogP contribution >= 0.6 is 17.1 Å². The zero-order chi connectivity index (χ0) is 4.28. The summed E-state index contributed by atoms with van der Waals surface area (Å²) in [4.78, 5) is 0. The third-order valence-corrected chi connectivity index (χ3v) is 1.42. The van der Waals surface area contributed by atoms with Gasteiger partial charge in [-0.15, -0.1) is 0 Å². The van der Waals surface area contributed by atoms with Gasteiger partial charge in [0, 0.05) is 7.05 Å². The Hall–Kier alpha value is 0.610. The van der Waals surface area contributed by atoms with Crippen molar-refractivity contribution in [1.82, 2.24) is 0 Å². The number of hydrogen-bond acceptors (Lipinski definition) is 2. The van der Waals surface area contributed by atoms with Gasteiger partial charge in [0.1, 0.15) is 5.84 Å². The highest BCUT2D eigenvalue weighted by Gasteiger charge is 1.54. The van der Waals surface area contributed by atoms with E-state index in [9.17, 15) is 0 Å². The molecule has 0 aliphatic rings. The van der Waals surface area contributed by atoms with Gasteiger partial charge < -0.3 is 0 Å². The Morgan fingerprint density at radius 2 is 2.20 bits per heavy atom. The minimum absolute atomic E-state index is 0.918. The third kappa shape index (κ3) is 4.61. The molecular weight excluding hydrogens is 125 g/mol. The topological polar surface area (TPSA) is 12.4 Å². The second-order valence-corrected chi connectivity index (χ2v) is 3.88. The van der Waals surface area contributed by atoms with E-state index in [4.69, 9.17) is 11.2 Å². The van der Waals surface area contributed by atoms with Crippen molar-refractivity contribution in [3.8, 4) is 0 Å². The average molecular weight is 128 g/mol. The van der Waals surface area contributed by atoms with Gasteiger partial charge in [-0.2, -0.15) is 0 Å². The minimum atomic E-state index is -0.918. The van der Waals surface area contributed by atoms with Crippen LogP contribution in [0.25, 0.3) is 0 Å². The van der Waals surface area contributed by atoms with Crippen molar-refractivity contribution in [2.75, 3.05) is 7.05 Å². The van der Waals surface area contributed by atoms with Crippen molar-refractivity contribution in [3.05, 3.63) is 0 Å². The molecule has 1 unspecified atom stereocenters. The fourth-order valence-electron chi connectivity index (χ4n) is 0. The molecule has 0 fully saturated rings. The Morgan fingerprint density at radius 1 is 2.00 bits per heavy atom. The zero-order valence-corrected chi connectivity index (χ0v) is 5.15. The number of nitrogens with zero attached hydrogens (tertiary/aromatic N) is 1. The minimum Gasteiger partial charge on any atom is -0.253 e. The first-order chi connectivity index (χ1) is 2.27. The van der Waals surface area contributed by atoms with Gasteiger partial charge >= 0.3 is 0 Å². The maximum Gasteiger partial charge on any atom is 0.129 e. The fraction of sp³-hybridized carbons (Fsp3) is 1.00. The number of rotatable bonds is 0. The van der Waals surface area contributed by atoms with Crippen LogP contribution in [0.1, 0.15) is 0 Å². The zero-order valence-electron chi connectivity index (χ0n) is 2.68. The van der Waals surface area contributed by atoms with E-state index in [-0.39, 0.29) is 0 Å². The summed E-state index contributed by atoms with van der Waals surface area (Å²) < 4.78 is 3.53. The predicted molar refractivity (Wildman–Crippen MR) is 28.5 cm³/mol. The molecule has 0 aromatic carbocycles. The van der Waals surface area contributed by atoms with Crippen LogP contribution in [-0.2, 0) is 11.8 Å². The van der Waals surface area contributed by atoms with Crippen LogP contribution in [0.3, 0.4) is 0 Å².